The van der Waals surface area contributed by atoms with Crippen LogP contribution in [0.4, 0.5) is 21.5 Å². The lowest BCUT2D eigenvalue weighted by Crippen LogP contribution is -2.21. The van der Waals surface area contributed by atoms with E-state index in [2.05, 4.69) is 10.6 Å². The number of hydrogen-bond donors (Lipinski definition) is 2. The summed E-state index contributed by atoms with van der Waals surface area (Å²) in [6, 6.07) is 21.9. The minimum absolute atomic E-state index is 0.0321. The average Bonchev–Trinajstić information content (AvgIpc) is 2.69. The second-order valence-electron chi connectivity index (χ2n) is 5.64. The van der Waals surface area contributed by atoms with Gasteiger partial charge in [0.05, 0.1) is 16.9 Å². The molecule has 136 valence electrons. The lowest BCUT2D eigenvalue weighted by atomic mass is 10.1. The number of nitrogens with one attached hydrogen (secondary N) is 2. The van der Waals surface area contributed by atoms with Crippen LogP contribution in [0, 0.1) is 5.82 Å². The molecule has 0 aliphatic carbocycles. The molecule has 0 radical (unpaired) electrons. The fraction of sp³-hybridized carbons (Fsp3) is 0.0476. The molecule has 6 heteroatoms. The highest BCUT2D eigenvalue weighted by Crippen LogP contribution is 2.21. The monoisotopic (exact) mass is 364 g/mol. The first-order valence-electron chi connectivity index (χ1n) is 8.26. The van der Waals surface area contributed by atoms with Crippen molar-refractivity contribution >= 4 is 28.9 Å². The molecule has 0 atom stereocenters. The van der Waals surface area contributed by atoms with Gasteiger partial charge >= 0.3 is 5.97 Å². The number of carbonyl (C=O) groups excluding carboxylic acids is 2. The van der Waals surface area contributed by atoms with Gasteiger partial charge in [-0.2, -0.15) is 0 Å². The van der Waals surface area contributed by atoms with E-state index >= 15 is 0 Å². The summed E-state index contributed by atoms with van der Waals surface area (Å²) in [6.07, 6.45) is 0. The Morgan fingerprint density at radius 1 is 0.815 bits per heavy atom. The predicted molar refractivity (Wildman–Crippen MR) is 101 cm³/mol. The molecule has 0 bridgehead atoms. The SMILES string of the molecule is O=C(COC(=O)c1ccccc1Nc1ccccc1)Nc1ccccc1F. The van der Waals surface area contributed by atoms with Crippen molar-refractivity contribution in [2.24, 2.45) is 0 Å². The lowest BCUT2D eigenvalue weighted by molar-refractivity contribution is -0.119. The molecule has 0 unspecified atom stereocenters. The van der Waals surface area contributed by atoms with Crippen molar-refractivity contribution in [3.8, 4) is 0 Å². The maximum absolute atomic E-state index is 13.5. The minimum atomic E-state index is -0.655. The third-order valence-electron chi connectivity index (χ3n) is 3.68. The summed E-state index contributed by atoms with van der Waals surface area (Å²) in [6.45, 7) is -0.521. The van der Waals surface area contributed by atoms with E-state index in [1.54, 1.807) is 30.3 Å². The molecule has 0 aliphatic rings. The van der Waals surface area contributed by atoms with E-state index in [-0.39, 0.29) is 5.69 Å². The molecular formula is C21H17FN2O3. The number of para-hydroxylation sites is 3. The highest BCUT2D eigenvalue weighted by atomic mass is 19.1. The topological polar surface area (TPSA) is 67.4 Å². The van der Waals surface area contributed by atoms with Crippen LogP contribution < -0.4 is 10.6 Å². The fourth-order valence-electron chi connectivity index (χ4n) is 2.40. The third-order valence-corrected chi connectivity index (χ3v) is 3.68. The van der Waals surface area contributed by atoms with Crippen molar-refractivity contribution < 1.29 is 18.7 Å². The number of halogens is 1. The van der Waals surface area contributed by atoms with Gasteiger partial charge in [-0.3, -0.25) is 4.79 Å². The van der Waals surface area contributed by atoms with Gasteiger partial charge in [0.2, 0.25) is 0 Å². The summed E-state index contributed by atoms with van der Waals surface area (Å²) >= 11 is 0. The van der Waals surface area contributed by atoms with E-state index in [4.69, 9.17) is 4.74 Å². The average molecular weight is 364 g/mol. The zero-order valence-electron chi connectivity index (χ0n) is 14.3. The Balaban J connectivity index is 1.63. The Hall–Kier alpha value is -3.67. The minimum Gasteiger partial charge on any atom is -0.452 e. The number of anilines is 3. The Morgan fingerprint density at radius 2 is 1.44 bits per heavy atom. The van der Waals surface area contributed by atoms with Crippen LogP contribution in [0.1, 0.15) is 10.4 Å². The van der Waals surface area contributed by atoms with Gasteiger partial charge in [0.25, 0.3) is 5.91 Å². The molecule has 0 heterocycles. The molecule has 0 saturated carbocycles. The standard InChI is InChI=1S/C21H17FN2O3/c22-17-11-5-7-13-19(17)24-20(25)14-27-21(26)16-10-4-6-12-18(16)23-15-8-2-1-3-9-15/h1-13,23H,14H2,(H,24,25). The normalized spacial score (nSPS) is 10.1. The Labute approximate surface area is 155 Å². The number of benzene rings is 3. The summed E-state index contributed by atoms with van der Waals surface area (Å²) < 4.78 is 18.6. The van der Waals surface area contributed by atoms with Crippen LogP contribution in [-0.2, 0) is 9.53 Å². The summed E-state index contributed by atoms with van der Waals surface area (Å²) in [7, 11) is 0. The van der Waals surface area contributed by atoms with Gasteiger partial charge in [-0.1, -0.05) is 42.5 Å². The molecule has 3 aromatic rings. The van der Waals surface area contributed by atoms with Gasteiger partial charge in [-0.25, -0.2) is 9.18 Å². The summed E-state index contributed by atoms with van der Waals surface area (Å²) in [5.41, 5.74) is 1.70. The maximum atomic E-state index is 13.5. The van der Waals surface area contributed by atoms with E-state index in [0.717, 1.165) is 5.69 Å². The van der Waals surface area contributed by atoms with E-state index < -0.39 is 24.3 Å². The van der Waals surface area contributed by atoms with Crippen molar-refractivity contribution in [2.45, 2.75) is 0 Å². The van der Waals surface area contributed by atoms with E-state index in [9.17, 15) is 14.0 Å². The molecule has 3 rings (SSSR count). The first-order valence-corrected chi connectivity index (χ1v) is 8.26. The summed E-state index contributed by atoms with van der Waals surface area (Å²) in [5.74, 6) is -1.84. The fourth-order valence-corrected chi connectivity index (χ4v) is 2.40. The first kappa shape index (κ1) is 18.1. The number of amides is 1. The van der Waals surface area contributed by atoms with Gasteiger partial charge in [0.15, 0.2) is 6.61 Å². The molecule has 0 aliphatic heterocycles. The maximum Gasteiger partial charge on any atom is 0.340 e. The smallest absolute Gasteiger partial charge is 0.340 e. The van der Waals surface area contributed by atoms with Gasteiger partial charge in [-0.05, 0) is 36.4 Å². The Morgan fingerprint density at radius 3 is 2.19 bits per heavy atom. The third kappa shape index (κ3) is 4.92. The second kappa shape index (κ2) is 8.62. The largest absolute Gasteiger partial charge is 0.452 e. The van der Waals surface area contributed by atoms with Crippen LogP contribution in [0.25, 0.3) is 0 Å². The van der Waals surface area contributed by atoms with E-state index in [1.165, 1.54) is 18.2 Å². The molecule has 27 heavy (non-hydrogen) atoms. The number of ether oxygens (including phenoxy) is 1. The van der Waals surface area contributed by atoms with Crippen molar-refractivity contribution in [1.29, 1.82) is 0 Å². The van der Waals surface area contributed by atoms with Gasteiger partial charge in [0, 0.05) is 5.69 Å². The molecule has 0 saturated heterocycles. The second-order valence-corrected chi connectivity index (χ2v) is 5.64. The van der Waals surface area contributed by atoms with Crippen molar-refractivity contribution in [1.82, 2.24) is 0 Å². The summed E-state index contributed by atoms with van der Waals surface area (Å²) in [4.78, 5) is 24.3. The van der Waals surface area contributed by atoms with Crippen molar-refractivity contribution in [3.05, 3.63) is 90.2 Å². The number of esters is 1. The van der Waals surface area contributed by atoms with Crippen LogP contribution in [-0.4, -0.2) is 18.5 Å². The Bertz CT molecular complexity index is 945. The molecule has 0 fully saturated rings. The van der Waals surface area contributed by atoms with Crippen LogP contribution in [0.5, 0.6) is 0 Å². The molecular weight excluding hydrogens is 347 g/mol. The van der Waals surface area contributed by atoms with E-state index in [1.807, 2.05) is 30.3 Å². The van der Waals surface area contributed by atoms with Crippen LogP contribution in [0.2, 0.25) is 0 Å². The predicted octanol–water partition coefficient (Wildman–Crippen LogP) is 4.36. The zero-order chi connectivity index (χ0) is 19.1. The number of carbonyl (C=O) groups is 2. The lowest BCUT2D eigenvalue weighted by Gasteiger charge is -2.12. The Kier molecular flexibility index (Phi) is 5.79. The number of hydrogen-bond acceptors (Lipinski definition) is 4. The first-order chi connectivity index (χ1) is 13.1. The highest BCUT2D eigenvalue weighted by molar-refractivity contribution is 5.99. The number of rotatable bonds is 6. The molecule has 1 amide bonds. The van der Waals surface area contributed by atoms with Crippen LogP contribution in [0.3, 0.4) is 0 Å². The van der Waals surface area contributed by atoms with E-state index in [0.29, 0.717) is 11.3 Å². The van der Waals surface area contributed by atoms with Gasteiger partial charge in [-0.15, -0.1) is 0 Å². The van der Waals surface area contributed by atoms with Crippen molar-refractivity contribution in [2.75, 3.05) is 17.2 Å². The molecule has 0 aromatic heterocycles. The molecule has 2 N–H and O–H groups in total. The quantitative estimate of drug-likeness (QED) is 0.638. The van der Waals surface area contributed by atoms with Crippen LogP contribution >= 0.6 is 0 Å². The molecule has 0 spiro atoms. The summed E-state index contributed by atoms with van der Waals surface area (Å²) in [5, 5.41) is 5.50. The van der Waals surface area contributed by atoms with Gasteiger partial charge < -0.3 is 15.4 Å². The highest BCUT2D eigenvalue weighted by Gasteiger charge is 2.15. The molecule has 5 nitrogen and oxygen atoms in total. The van der Waals surface area contributed by atoms with Crippen LogP contribution in [0.15, 0.2) is 78.9 Å². The molecule has 3 aromatic carbocycles. The zero-order valence-corrected chi connectivity index (χ0v) is 14.3. The van der Waals surface area contributed by atoms with Gasteiger partial charge in [0.1, 0.15) is 5.82 Å². The van der Waals surface area contributed by atoms with Crippen molar-refractivity contribution in [3.63, 3.8) is 0 Å².